The molecule has 2 aromatic rings. The molecule has 19 heavy (non-hydrogen) atoms. The highest BCUT2D eigenvalue weighted by atomic mass is 35.5. The summed E-state index contributed by atoms with van der Waals surface area (Å²) in [5.41, 5.74) is 7.88. The van der Waals surface area contributed by atoms with Crippen LogP contribution in [0.2, 0.25) is 5.02 Å². The summed E-state index contributed by atoms with van der Waals surface area (Å²) in [5, 5.41) is 6.13. The van der Waals surface area contributed by atoms with E-state index in [1.165, 1.54) is 0 Å². The van der Waals surface area contributed by atoms with Gasteiger partial charge in [-0.1, -0.05) is 29.8 Å². The highest BCUT2D eigenvalue weighted by molar-refractivity contribution is 6.30. The molecule has 0 atom stereocenters. The van der Waals surface area contributed by atoms with Gasteiger partial charge in [-0.15, -0.1) is 0 Å². The molecule has 0 bridgehead atoms. The maximum atomic E-state index is 11.7. The maximum absolute atomic E-state index is 11.7. The molecule has 0 aliphatic rings. The predicted octanol–water partition coefficient (Wildman–Crippen LogP) is 3.24. The van der Waals surface area contributed by atoms with Crippen molar-refractivity contribution >= 4 is 29.0 Å². The molecule has 4 N–H and O–H groups in total. The number of urea groups is 1. The van der Waals surface area contributed by atoms with Gasteiger partial charge in [0.15, 0.2) is 0 Å². The molecule has 0 radical (unpaired) electrons. The lowest BCUT2D eigenvalue weighted by Crippen LogP contribution is -2.28. The Morgan fingerprint density at radius 2 is 1.89 bits per heavy atom. The summed E-state index contributed by atoms with van der Waals surface area (Å²) >= 11 is 5.78. The summed E-state index contributed by atoms with van der Waals surface area (Å²) in [7, 11) is 0. The van der Waals surface area contributed by atoms with E-state index in [1.807, 2.05) is 12.1 Å². The number of benzene rings is 2. The molecule has 0 unspecified atom stereocenters. The van der Waals surface area contributed by atoms with Gasteiger partial charge in [0.2, 0.25) is 0 Å². The van der Waals surface area contributed by atoms with E-state index in [0.717, 1.165) is 5.56 Å². The molecule has 0 fully saturated rings. The second-order valence-electron chi connectivity index (χ2n) is 4.06. The van der Waals surface area contributed by atoms with E-state index < -0.39 is 0 Å². The Kier molecular flexibility index (Phi) is 4.26. The van der Waals surface area contributed by atoms with Crippen LogP contribution in [0.5, 0.6) is 0 Å². The van der Waals surface area contributed by atoms with Gasteiger partial charge in [0, 0.05) is 22.9 Å². The number of hydrogen-bond acceptors (Lipinski definition) is 2. The van der Waals surface area contributed by atoms with Crippen molar-refractivity contribution in [3.05, 3.63) is 59.1 Å². The Labute approximate surface area is 116 Å². The molecule has 5 heteroatoms. The van der Waals surface area contributed by atoms with Crippen LogP contribution in [0.25, 0.3) is 0 Å². The summed E-state index contributed by atoms with van der Waals surface area (Å²) in [6.07, 6.45) is 0. The molecule has 2 aromatic carbocycles. The van der Waals surface area contributed by atoms with Crippen LogP contribution in [-0.2, 0) is 6.54 Å². The Morgan fingerprint density at radius 1 is 1.16 bits per heavy atom. The SMILES string of the molecule is Nc1cccc(NC(=O)NCc2ccc(Cl)cc2)c1. The van der Waals surface area contributed by atoms with Crippen LogP contribution in [0.4, 0.5) is 16.2 Å². The van der Waals surface area contributed by atoms with E-state index in [4.69, 9.17) is 17.3 Å². The summed E-state index contributed by atoms with van der Waals surface area (Å²) in [6.45, 7) is 0.436. The number of hydrogen-bond donors (Lipinski definition) is 3. The number of halogens is 1. The van der Waals surface area contributed by atoms with Gasteiger partial charge >= 0.3 is 6.03 Å². The molecular weight excluding hydrogens is 262 g/mol. The van der Waals surface area contributed by atoms with Crippen LogP contribution in [0.15, 0.2) is 48.5 Å². The fourth-order valence-electron chi connectivity index (χ4n) is 1.58. The summed E-state index contributed by atoms with van der Waals surface area (Å²) in [6, 6.07) is 14.0. The Hall–Kier alpha value is -2.20. The molecule has 4 nitrogen and oxygen atoms in total. The van der Waals surface area contributed by atoms with Crippen LogP contribution < -0.4 is 16.4 Å². The second-order valence-corrected chi connectivity index (χ2v) is 4.50. The fourth-order valence-corrected chi connectivity index (χ4v) is 1.70. The number of nitrogens with one attached hydrogen (secondary N) is 2. The lowest BCUT2D eigenvalue weighted by atomic mass is 10.2. The van der Waals surface area contributed by atoms with Crippen molar-refractivity contribution in [1.29, 1.82) is 0 Å². The van der Waals surface area contributed by atoms with Gasteiger partial charge in [-0.05, 0) is 35.9 Å². The Bertz CT molecular complexity index is 569. The summed E-state index contributed by atoms with van der Waals surface area (Å²) < 4.78 is 0. The number of nitrogen functional groups attached to an aromatic ring is 1. The summed E-state index contributed by atoms with van der Waals surface area (Å²) in [4.78, 5) is 11.7. The van der Waals surface area contributed by atoms with Crippen LogP contribution in [0, 0.1) is 0 Å². The minimum atomic E-state index is -0.277. The fraction of sp³-hybridized carbons (Fsp3) is 0.0714. The average Bonchev–Trinajstić information content (AvgIpc) is 2.38. The van der Waals surface area contributed by atoms with Gasteiger partial charge in [-0.3, -0.25) is 0 Å². The van der Waals surface area contributed by atoms with Crippen molar-refractivity contribution in [3.63, 3.8) is 0 Å². The third-order valence-corrected chi connectivity index (χ3v) is 2.76. The van der Waals surface area contributed by atoms with Crippen LogP contribution in [0.1, 0.15) is 5.56 Å². The number of nitrogens with two attached hydrogens (primary N) is 1. The smallest absolute Gasteiger partial charge is 0.319 e. The number of anilines is 2. The van der Waals surface area contributed by atoms with Crippen molar-refractivity contribution in [2.24, 2.45) is 0 Å². The standard InChI is InChI=1S/C14H14ClN3O/c15-11-6-4-10(5-7-11)9-17-14(19)18-13-3-1-2-12(16)8-13/h1-8H,9,16H2,(H2,17,18,19). The molecular formula is C14H14ClN3O. The molecule has 0 aromatic heterocycles. The van der Waals surface area contributed by atoms with E-state index >= 15 is 0 Å². The number of rotatable bonds is 3. The molecule has 0 heterocycles. The van der Waals surface area contributed by atoms with E-state index in [1.54, 1.807) is 36.4 Å². The molecule has 98 valence electrons. The molecule has 0 saturated carbocycles. The van der Waals surface area contributed by atoms with Gasteiger partial charge in [0.05, 0.1) is 0 Å². The van der Waals surface area contributed by atoms with E-state index in [0.29, 0.717) is 22.9 Å². The van der Waals surface area contributed by atoms with Gasteiger partial charge in [-0.2, -0.15) is 0 Å². The lowest BCUT2D eigenvalue weighted by Gasteiger charge is -2.08. The van der Waals surface area contributed by atoms with E-state index in [9.17, 15) is 4.79 Å². The van der Waals surface area contributed by atoms with Crippen molar-refractivity contribution in [1.82, 2.24) is 5.32 Å². The quantitative estimate of drug-likeness (QED) is 0.753. The third-order valence-electron chi connectivity index (χ3n) is 2.51. The van der Waals surface area contributed by atoms with Gasteiger partial charge < -0.3 is 16.4 Å². The molecule has 0 saturated heterocycles. The zero-order valence-electron chi connectivity index (χ0n) is 10.2. The first kappa shape index (κ1) is 13.2. The lowest BCUT2D eigenvalue weighted by molar-refractivity contribution is 0.251. The molecule has 0 aliphatic carbocycles. The number of amides is 2. The average molecular weight is 276 g/mol. The van der Waals surface area contributed by atoms with Crippen LogP contribution >= 0.6 is 11.6 Å². The molecule has 2 amide bonds. The van der Waals surface area contributed by atoms with Gasteiger partial charge in [0.25, 0.3) is 0 Å². The minimum absolute atomic E-state index is 0.277. The molecule has 2 rings (SSSR count). The first-order valence-corrected chi connectivity index (χ1v) is 6.16. The zero-order valence-corrected chi connectivity index (χ0v) is 10.9. The van der Waals surface area contributed by atoms with Crippen molar-refractivity contribution in [2.45, 2.75) is 6.54 Å². The Balaban J connectivity index is 1.86. The first-order valence-electron chi connectivity index (χ1n) is 5.78. The van der Waals surface area contributed by atoms with Crippen LogP contribution in [-0.4, -0.2) is 6.03 Å². The molecule has 0 aliphatic heterocycles. The number of carbonyl (C=O) groups is 1. The highest BCUT2D eigenvalue weighted by Gasteiger charge is 2.01. The van der Waals surface area contributed by atoms with Crippen molar-refractivity contribution in [3.8, 4) is 0 Å². The predicted molar refractivity (Wildman–Crippen MR) is 78.2 cm³/mol. The number of carbonyl (C=O) groups excluding carboxylic acids is 1. The zero-order chi connectivity index (χ0) is 13.7. The van der Waals surface area contributed by atoms with Crippen LogP contribution in [0.3, 0.4) is 0 Å². The Morgan fingerprint density at radius 3 is 2.58 bits per heavy atom. The third kappa shape index (κ3) is 4.19. The largest absolute Gasteiger partial charge is 0.399 e. The second kappa shape index (κ2) is 6.11. The topological polar surface area (TPSA) is 67.1 Å². The van der Waals surface area contributed by atoms with Crippen molar-refractivity contribution in [2.75, 3.05) is 11.1 Å². The monoisotopic (exact) mass is 275 g/mol. The van der Waals surface area contributed by atoms with Gasteiger partial charge in [-0.25, -0.2) is 4.79 Å². The maximum Gasteiger partial charge on any atom is 0.319 e. The molecule has 0 spiro atoms. The highest BCUT2D eigenvalue weighted by Crippen LogP contribution is 2.12. The van der Waals surface area contributed by atoms with Crippen molar-refractivity contribution < 1.29 is 4.79 Å². The van der Waals surface area contributed by atoms with E-state index in [-0.39, 0.29) is 6.03 Å². The van der Waals surface area contributed by atoms with E-state index in [2.05, 4.69) is 10.6 Å². The normalized spacial score (nSPS) is 9.95. The first-order chi connectivity index (χ1) is 9.13. The summed E-state index contributed by atoms with van der Waals surface area (Å²) in [5.74, 6) is 0. The minimum Gasteiger partial charge on any atom is -0.399 e. The van der Waals surface area contributed by atoms with Gasteiger partial charge in [0.1, 0.15) is 0 Å².